The van der Waals surface area contributed by atoms with Crippen LogP contribution in [0.1, 0.15) is 11.1 Å². The zero-order valence-electron chi connectivity index (χ0n) is 12.7. The van der Waals surface area contributed by atoms with Gasteiger partial charge < -0.3 is 5.32 Å². The lowest BCUT2D eigenvalue weighted by Gasteiger charge is -2.12. The highest BCUT2D eigenvalue weighted by Crippen LogP contribution is 2.12. The van der Waals surface area contributed by atoms with Gasteiger partial charge >= 0.3 is 10.2 Å². The van der Waals surface area contributed by atoms with E-state index in [-0.39, 0.29) is 5.82 Å². The van der Waals surface area contributed by atoms with Crippen LogP contribution in [0.4, 0.5) is 11.6 Å². The summed E-state index contributed by atoms with van der Waals surface area (Å²) in [5, 5.41) is 11.0. The first kappa shape index (κ1) is 16.2. The van der Waals surface area contributed by atoms with Crippen LogP contribution < -0.4 is 10.0 Å². The maximum Gasteiger partial charge on any atom is 0.302 e. The Morgan fingerprint density at radius 2 is 1.68 bits per heavy atom. The lowest BCUT2D eigenvalue weighted by atomic mass is 10.1. The maximum absolute atomic E-state index is 11.7. The second-order valence-electron chi connectivity index (χ2n) is 4.97. The van der Waals surface area contributed by atoms with E-state index >= 15 is 0 Å². The van der Waals surface area contributed by atoms with Crippen molar-refractivity contribution in [1.29, 1.82) is 0 Å². The highest BCUT2D eigenvalue weighted by Gasteiger charge is 2.13. The van der Waals surface area contributed by atoms with E-state index in [1.54, 1.807) is 12.1 Å². The van der Waals surface area contributed by atoms with E-state index in [4.69, 9.17) is 0 Å². The van der Waals surface area contributed by atoms with Crippen LogP contribution in [0.2, 0.25) is 0 Å². The molecule has 2 N–H and O–H groups in total. The summed E-state index contributed by atoms with van der Waals surface area (Å²) in [6, 6.07) is 11.3. The first-order valence-electron chi connectivity index (χ1n) is 6.71. The predicted molar refractivity (Wildman–Crippen MR) is 86.8 cm³/mol. The van der Waals surface area contributed by atoms with Gasteiger partial charge in [-0.1, -0.05) is 24.3 Å². The molecule has 0 aliphatic rings. The van der Waals surface area contributed by atoms with Gasteiger partial charge in [-0.15, -0.1) is 10.2 Å². The van der Waals surface area contributed by atoms with E-state index in [1.165, 1.54) is 25.2 Å². The van der Waals surface area contributed by atoms with Crippen molar-refractivity contribution < 1.29 is 8.42 Å². The number of nitrogens with one attached hydrogen (secondary N) is 2. The maximum atomic E-state index is 11.7. The first-order valence-corrected chi connectivity index (χ1v) is 8.15. The molecule has 2 rings (SSSR count). The Morgan fingerprint density at radius 1 is 1.05 bits per heavy atom. The number of rotatable bonds is 6. The summed E-state index contributed by atoms with van der Waals surface area (Å²) in [6.07, 6.45) is 0. The summed E-state index contributed by atoms with van der Waals surface area (Å²) < 4.78 is 26.7. The molecule has 0 amide bonds. The molecule has 0 spiro atoms. The molecule has 0 atom stereocenters. The van der Waals surface area contributed by atoms with E-state index in [0.717, 1.165) is 4.31 Å². The van der Waals surface area contributed by atoms with Crippen molar-refractivity contribution in [2.24, 2.45) is 0 Å². The second-order valence-corrected chi connectivity index (χ2v) is 6.86. The van der Waals surface area contributed by atoms with Crippen LogP contribution in [0.5, 0.6) is 0 Å². The third-order valence-electron chi connectivity index (χ3n) is 3.10. The molecule has 0 saturated heterocycles. The number of hydrogen-bond acceptors (Lipinski definition) is 5. The van der Waals surface area contributed by atoms with E-state index in [0.29, 0.717) is 12.4 Å². The van der Waals surface area contributed by atoms with Crippen molar-refractivity contribution in [2.45, 2.75) is 13.5 Å². The van der Waals surface area contributed by atoms with Crippen molar-refractivity contribution >= 4 is 21.8 Å². The SMILES string of the molecule is Cc1ccccc1CNc1ccc(NS(=O)(=O)N(C)C)nn1. The Kier molecular flexibility index (Phi) is 4.94. The molecule has 22 heavy (non-hydrogen) atoms. The fourth-order valence-electron chi connectivity index (χ4n) is 1.70. The lowest BCUT2D eigenvalue weighted by molar-refractivity contribution is 0.526. The fraction of sp³-hybridized carbons (Fsp3) is 0.286. The van der Waals surface area contributed by atoms with Crippen LogP contribution in [0.25, 0.3) is 0 Å². The summed E-state index contributed by atoms with van der Waals surface area (Å²) in [5.41, 5.74) is 2.36. The molecule has 0 aliphatic heterocycles. The lowest BCUT2D eigenvalue weighted by Crippen LogP contribution is -2.29. The Labute approximate surface area is 130 Å². The van der Waals surface area contributed by atoms with Gasteiger partial charge in [-0.25, -0.2) is 0 Å². The predicted octanol–water partition coefficient (Wildman–Crippen LogP) is 1.62. The first-order chi connectivity index (χ1) is 10.4. The molecule has 1 heterocycles. The number of aryl methyl sites for hydroxylation is 1. The molecule has 1 aromatic carbocycles. The van der Waals surface area contributed by atoms with Gasteiger partial charge in [0.05, 0.1) is 0 Å². The highest BCUT2D eigenvalue weighted by atomic mass is 32.2. The summed E-state index contributed by atoms with van der Waals surface area (Å²) in [7, 11) is -0.688. The van der Waals surface area contributed by atoms with E-state index in [1.807, 2.05) is 31.2 Å². The van der Waals surface area contributed by atoms with Crippen molar-refractivity contribution in [1.82, 2.24) is 14.5 Å². The molecular weight excluding hydrogens is 302 g/mol. The van der Waals surface area contributed by atoms with Crippen molar-refractivity contribution in [3.63, 3.8) is 0 Å². The minimum Gasteiger partial charge on any atom is -0.364 e. The van der Waals surface area contributed by atoms with Crippen LogP contribution in [-0.4, -0.2) is 37.0 Å². The van der Waals surface area contributed by atoms with Gasteiger partial charge in [0.25, 0.3) is 0 Å². The van der Waals surface area contributed by atoms with E-state index < -0.39 is 10.2 Å². The molecule has 0 radical (unpaired) electrons. The van der Waals surface area contributed by atoms with Gasteiger partial charge in [-0.3, -0.25) is 4.72 Å². The quantitative estimate of drug-likeness (QED) is 0.844. The second kappa shape index (κ2) is 6.71. The third-order valence-corrected chi connectivity index (χ3v) is 4.53. The van der Waals surface area contributed by atoms with Gasteiger partial charge in [0, 0.05) is 20.6 Å². The molecule has 8 heteroatoms. The number of aromatic nitrogens is 2. The minimum absolute atomic E-state index is 0.176. The highest BCUT2D eigenvalue weighted by molar-refractivity contribution is 7.90. The largest absolute Gasteiger partial charge is 0.364 e. The minimum atomic E-state index is -3.56. The van der Waals surface area contributed by atoms with Crippen LogP contribution in [0, 0.1) is 6.92 Å². The molecule has 0 aliphatic carbocycles. The molecule has 2 aromatic rings. The summed E-state index contributed by atoms with van der Waals surface area (Å²) >= 11 is 0. The zero-order chi connectivity index (χ0) is 16.2. The van der Waals surface area contributed by atoms with Crippen LogP contribution in [-0.2, 0) is 16.8 Å². The summed E-state index contributed by atoms with van der Waals surface area (Å²) in [5.74, 6) is 0.756. The Bertz CT molecular complexity index is 729. The molecule has 0 bridgehead atoms. The number of anilines is 2. The normalized spacial score (nSPS) is 11.5. The fourth-order valence-corrected chi connectivity index (χ4v) is 2.25. The average Bonchev–Trinajstić information content (AvgIpc) is 2.47. The van der Waals surface area contributed by atoms with E-state index in [9.17, 15) is 8.42 Å². The molecular formula is C14H19N5O2S. The Hall–Kier alpha value is -2.19. The van der Waals surface area contributed by atoms with Crippen molar-refractivity contribution in [3.8, 4) is 0 Å². The van der Waals surface area contributed by atoms with Crippen molar-refractivity contribution in [2.75, 3.05) is 24.1 Å². The molecule has 0 unspecified atom stereocenters. The number of nitrogens with zero attached hydrogens (tertiary/aromatic N) is 3. The van der Waals surface area contributed by atoms with Gasteiger partial charge in [0.1, 0.15) is 5.82 Å². The standard InChI is InChI=1S/C14H19N5O2S/c1-11-6-4-5-7-12(11)10-15-13-8-9-14(17-16-13)18-22(20,21)19(2)3/h4-9H,10H2,1-3H3,(H,15,16)(H,17,18). The number of benzene rings is 1. The average molecular weight is 321 g/mol. The monoisotopic (exact) mass is 321 g/mol. The molecule has 0 saturated carbocycles. The Balaban J connectivity index is 1.99. The van der Waals surface area contributed by atoms with Crippen LogP contribution >= 0.6 is 0 Å². The third kappa shape index (κ3) is 4.15. The summed E-state index contributed by atoms with van der Waals surface area (Å²) in [4.78, 5) is 0. The smallest absolute Gasteiger partial charge is 0.302 e. The Morgan fingerprint density at radius 3 is 2.27 bits per heavy atom. The van der Waals surface area contributed by atoms with Gasteiger partial charge in [0.2, 0.25) is 0 Å². The van der Waals surface area contributed by atoms with Crippen LogP contribution in [0.15, 0.2) is 36.4 Å². The number of hydrogen-bond donors (Lipinski definition) is 2. The van der Waals surface area contributed by atoms with Crippen LogP contribution in [0.3, 0.4) is 0 Å². The zero-order valence-corrected chi connectivity index (χ0v) is 13.6. The van der Waals surface area contributed by atoms with Gasteiger partial charge in [0.15, 0.2) is 5.82 Å². The van der Waals surface area contributed by atoms with E-state index in [2.05, 4.69) is 20.2 Å². The van der Waals surface area contributed by atoms with Gasteiger partial charge in [-0.05, 0) is 30.2 Å². The topological polar surface area (TPSA) is 87.2 Å². The van der Waals surface area contributed by atoms with Gasteiger partial charge in [-0.2, -0.15) is 12.7 Å². The van der Waals surface area contributed by atoms with Crippen molar-refractivity contribution in [3.05, 3.63) is 47.5 Å². The summed E-state index contributed by atoms with van der Waals surface area (Å²) in [6.45, 7) is 2.67. The molecule has 7 nitrogen and oxygen atoms in total. The molecule has 1 aromatic heterocycles. The molecule has 118 valence electrons. The molecule has 0 fully saturated rings.